The normalized spacial score (nSPS) is 11.0. The number of hydrogen-bond acceptors (Lipinski definition) is 3. The molecule has 1 amide bonds. The quantitative estimate of drug-likeness (QED) is 0.559. The summed E-state index contributed by atoms with van der Waals surface area (Å²) in [7, 11) is 0. The fraction of sp³-hybridized carbons (Fsp3) is 0.143. The van der Waals surface area contributed by atoms with Crippen LogP contribution in [0.15, 0.2) is 65.8 Å². The van der Waals surface area contributed by atoms with Gasteiger partial charge in [-0.1, -0.05) is 48.5 Å². The Balaban J connectivity index is 1.89. The maximum atomic E-state index is 12.3. The lowest BCUT2D eigenvalue weighted by Crippen LogP contribution is -2.18. The Morgan fingerprint density at radius 1 is 1.08 bits per heavy atom. The van der Waals surface area contributed by atoms with Crippen LogP contribution in [0.4, 0.5) is 0 Å². The number of nitrogens with zero attached hydrogens (tertiary/aromatic N) is 1. The Kier molecular flexibility index (Phi) is 5.09. The molecule has 0 aliphatic heterocycles. The first-order valence-corrected chi connectivity index (χ1v) is 8.24. The van der Waals surface area contributed by atoms with Gasteiger partial charge in [-0.05, 0) is 42.3 Å². The van der Waals surface area contributed by atoms with Crippen LogP contribution in [0, 0.1) is 6.92 Å². The van der Waals surface area contributed by atoms with Crippen LogP contribution >= 0.6 is 0 Å². The van der Waals surface area contributed by atoms with Crippen LogP contribution in [0.1, 0.15) is 28.4 Å². The maximum absolute atomic E-state index is 12.3. The van der Waals surface area contributed by atoms with Gasteiger partial charge < -0.3 is 4.74 Å². The Morgan fingerprint density at radius 2 is 1.84 bits per heavy atom. The summed E-state index contributed by atoms with van der Waals surface area (Å²) in [4.78, 5) is 12.3. The lowest BCUT2D eigenvalue weighted by atomic mass is 10.0. The molecule has 25 heavy (non-hydrogen) atoms. The number of aryl methyl sites for hydroxylation is 1. The highest BCUT2D eigenvalue weighted by atomic mass is 16.5. The van der Waals surface area contributed by atoms with Crippen molar-refractivity contribution in [2.45, 2.75) is 13.8 Å². The smallest absolute Gasteiger partial charge is 0.271 e. The predicted octanol–water partition coefficient (Wildman–Crippen LogP) is 4.31. The van der Waals surface area contributed by atoms with Gasteiger partial charge >= 0.3 is 0 Å². The number of hydrazone groups is 1. The number of carbonyl (C=O) groups excluding carboxylic acids is 1. The van der Waals surface area contributed by atoms with Crippen LogP contribution in [0.3, 0.4) is 0 Å². The topological polar surface area (TPSA) is 50.7 Å². The molecule has 0 unspecified atom stereocenters. The van der Waals surface area contributed by atoms with Gasteiger partial charge in [0, 0.05) is 11.1 Å². The number of rotatable bonds is 5. The fourth-order valence-electron chi connectivity index (χ4n) is 2.73. The summed E-state index contributed by atoms with van der Waals surface area (Å²) in [5.41, 5.74) is 4.98. The molecule has 0 spiro atoms. The molecular weight excluding hydrogens is 312 g/mol. The highest BCUT2D eigenvalue weighted by Gasteiger charge is 2.08. The summed E-state index contributed by atoms with van der Waals surface area (Å²) in [6.07, 6.45) is 1.64. The average Bonchev–Trinajstić information content (AvgIpc) is 2.63. The number of nitrogens with one attached hydrogen (secondary N) is 1. The summed E-state index contributed by atoms with van der Waals surface area (Å²) >= 11 is 0. The molecule has 0 saturated heterocycles. The molecule has 0 atom stereocenters. The van der Waals surface area contributed by atoms with Crippen molar-refractivity contribution >= 4 is 22.9 Å². The molecule has 0 bridgehead atoms. The van der Waals surface area contributed by atoms with Crippen molar-refractivity contribution in [3.05, 3.63) is 77.4 Å². The number of benzene rings is 3. The second kappa shape index (κ2) is 7.62. The van der Waals surface area contributed by atoms with E-state index in [1.54, 1.807) is 12.3 Å². The lowest BCUT2D eigenvalue weighted by Gasteiger charge is -2.10. The zero-order valence-electron chi connectivity index (χ0n) is 14.3. The van der Waals surface area contributed by atoms with Crippen LogP contribution in [0.25, 0.3) is 10.8 Å². The van der Waals surface area contributed by atoms with Crippen molar-refractivity contribution in [3.8, 4) is 5.75 Å². The van der Waals surface area contributed by atoms with Crippen molar-refractivity contribution in [2.24, 2.45) is 5.10 Å². The monoisotopic (exact) mass is 332 g/mol. The molecule has 3 aromatic carbocycles. The molecule has 0 aromatic heterocycles. The Labute approximate surface area is 147 Å². The SMILES string of the molecule is CCOc1ccc2ccccc2c1/C=N/NC(=O)c1ccccc1C. The third kappa shape index (κ3) is 3.69. The number of ether oxygens (including phenoxy) is 1. The van der Waals surface area contributed by atoms with E-state index >= 15 is 0 Å². The molecular formula is C21H20N2O2. The molecule has 0 heterocycles. The second-order valence-electron chi connectivity index (χ2n) is 5.65. The van der Waals surface area contributed by atoms with E-state index in [1.807, 2.05) is 68.4 Å². The van der Waals surface area contributed by atoms with Crippen molar-refractivity contribution in [1.29, 1.82) is 0 Å². The lowest BCUT2D eigenvalue weighted by molar-refractivity contribution is 0.0954. The highest BCUT2D eigenvalue weighted by Crippen LogP contribution is 2.26. The Bertz CT molecular complexity index is 932. The molecule has 4 nitrogen and oxygen atoms in total. The average molecular weight is 332 g/mol. The van der Waals surface area contributed by atoms with E-state index in [-0.39, 0.29) is 5.91 Å². The second-order valence-corrected chi connectivity index (χ2v) is 5.65. The first kappa shape index (κ1) is 16.7. The first-order valence-electron chi connectivity index (χ1n) is 8.24. The third-order valence-corrected chi connectivity index (χ3v) is 3.98. The van der Waals surface area contributed by atoms with Gasteiger partial charge in [0.2, 0.25) is 0 Å². The van der Waals surface area contributed by atoms with E-state index in [0.29, 0.717) is 12.2 Å². The molecule has 126 valence electrons. The minimum absolute atomic E-state index is 0.229. The van der Waals surface area contributed by atoms with Gasteiger partial charge in [-0.3, -0.25) is 4.79 Å². The summed E-state index contributed by atoms with van der Waals surface area (Å²) in [6, 6.07) is 19.4. The molecule has 0 radical (unpaired) electrons. The maximum Gasteiger partial charge on any atom is 0.271 e. The first-order chi connectivity index (χ1) is 12.2. The van der Waals surface area contributed by atoms with Crippen LogP contribution in [0.5, 0.6) is 5.75 Å². The van der Waals surface area contributed by atoms with Gasteiger partial charge in [-0.25, -0.2) is 5.43 Å². The number of hydrogen-bond donors (Lipinski definition) is 1. The zero-order valence-corrected chi connectivity index (χ0v) is 14.3. The molecule has 3 rings (SSSR count). The minimum Gasteiger partial charge on any atom is -0.493 e. The summed E-state index contributed by atoms with van der Waals surface area (Å²) in [5.74, 6) is 0.516. The van der Waals surface area contributed by atoms with Crippen molar-refractivity contribution in [3.63, 3.8) is 0 Å². The Hall–Kier alpha value is -3.14. The molecule has 3 aromatic rings. The Morgan fingerprint density at radius 3 is 2.64 bits per heavy atom. The van der Waals surface area contributed by atoms with Crippen LogP contribution in [-0.4, -0.2) is 18.7 Å². The van der Waals surface area contributed by atoms with Gasteiger partial charge in [0.25, 0.3) is 5.91 Å². The van der Waals surface area contributed by atoms with E-state index in [0.717, 1.165) is 27.6 Å². The van der Waals surface area contributed by atoms with Crippen LogP contribution in [-0.2, 0) is 0 Å². The van der Waals surface area contributed by atoms with Gasteiger partial charge in [0.15, 0.2) is 0 Å². The van der Waals surface area contributed by atoms with Gasteiger partial charge in [-0.15, -0.1) is 0 Å². The standard InChI is InChI=1S/C21H20N2O2/c1-3-25-20-13-12-16-9-5-7-11-18(16)19(20)14-22-23-21(24)17-10-6-4-8-15(17)2/h4-14H,3H2,1-2H3,(H,23,24)/b22-14+. The number of amides is 1. The zero-order chi connectivity index (χ0) is 17.6. The van der Waals surface area contributed by atoms with Gasteiger partial charge in [0.05, 0.1) is 12.8 Å². The number of carbonyl (C=O) groups is 1. The molecule has 0 saturated carbocycles. The summed E-state index contributed by atoms with van der Waals surface area (Å²) in [5, 5.41) is 6.27. The van der Waals surface area contributed by atoms with Crippen LogP contribution in [0.2, 0.25) is 0 Å². The largest absolute Gasteiger partial charge is 0.493 e. The van der Waals surface area contributed by atoms with Crippen molar-refractivity contribution in [1.82, 2.24) is 5.43 Å². The van der Waals surface area contributed by atoms with E-state index in [9.17, 15) is 4.79 Å². The van der Waals surface area contributed by atoms with E-state index < -0.39 is 0 Å². The molecule has 1 N–H and O–H groups in total. The van der Waals surface area contributed by atoms with Gasteiger partial charge in [0.1, 0.15) is 5.75 Å². The van der Waals surface area contributed by atoms with Crippen molar-refractivity contribution in [2.75, 3.05) is 6.61 Å². The minimum atomic E-state index is -0.229. The molecule has 0 aliphatic rings. The van der Waals surface area contributed by atoms with E-state index in [4.69, 9.17) is 4.74 Å². The molecule has 4 heteroatoms. The van der Waals surface area contributed by atoms with Gasteiger partial charge in [-0.2, -0.15) is 5.10 Å². The van der Waals surface area contributed by atoms with E-state index in [2.05, 4.69) is 10.5 Å². The van der Waals surface area contributed by atoms with E-state index in [1.165, 1.54) is 0 Å². The molecule has 0 aliphatic carbocycles. The predicted molar refractivity (Wildman–Crippen MR) is 101 cm³/mol. The van der Waals surface area contributed by atoms with Crippen LogP contribution < -0.4 is 10.2 Å². The summed E-state index contributed by atoms with van der Waals surface area (Å²) < 4.78 is 5.70. The fourth-order valence-corrected chi connectivity index (χ4v) is 2.73. The third-order valence-electron chi connectivity index (χ3n) is 3.98. The van der Waals surface area contributed by atoms with Crippen molar-refractivity contribution < 1.29 is 9.53 Å². The number of fused-ring (bicyclic) bond motifs is 1. The highest BCUT2D eigenvalue weighted by molar-refractivity contribution is 6.03. The molecule has 0 fully saturated rings. The summed E-state index contributed by atoms with van der Waals surface area (Å²) in [6.45, 7) is 4.40.